The van der Waals surface area contributed by atoms with Gasteiger partial charge in [0.25, 0.3) is 5.69 Å². The van der Waals surface area contributed by atoms with Crippen molar-refractivity contribution < 1.29 is 14.8 Å². The minimum atomic E-state index is -1.10. The normalized spacial score (nSPS) is 10.2. The van der Waals surface area contributed by atoms with Crippen LogP contribution in [0.2, 0.25) is 0 Å². The number of nitro groups is 1. The van der Waals surface area contributed by atoms with Gasteiger partial charge in [-0.2, -0.15) is 0 Å². The number of rotatable bonds is 3. The molecule has 0 bridgehead atoms. The highest BCUT2D eigenvalue weighted by Gasteiger charge is 2.17. The number of hydrogen-bond acceptors (Lipinski definition) is 3. The molecule has 0 aliphatic heterocycles. The average Bonchev–Trinajstić information content (AvgIpc) is 2.38. The van der Waals surface area contributed by atoms with E-state index in [-0.39, 0.29) is 11.3 Å². The van der Waals surface area contributed by atoms with E-state index in [4.69, 9.17) is 0 Å². The van der Waals surface area contributed by atoms with Crippen molar-refractivity contribution >= 4 is 11.7 Å². The molecule has 2 aromatic rings. The summed E-state index contributed by atoms with van der Waals surface area (Å²) < 4.78 is 0. The largest absolute Gasteiger partial charge is 0.478 e. The van der Waals surface area contributed by atoms with E-state index in [9.17, 15) is 20.0 Å². The molecule has 96 valence electrons. The minimum Gasteiger partial charge on any atom is -0.478 e. The third-order valence-corrected chi connectivity index (χ3v) is 2.88. The molecule has 0 aliphatic carbocycles. The number of benzene rings is 2. The molecular formula is C14H11NO4. The lowest BCUT2D eigenvalue weighted by Crippen LogP contribution is -2.01. The predicted octanol–water partition coefficient (Wildman–Crippen LogP) is 3.27. The van der Waals surface area contributed by atoms with Crippen molar-refractivity contribution in [3.8, 4) is 11.1 Å². The number of carboxylic acids is 1. The van der Waals surface area contributed by atoms with Crippen molar-refractivity contribution in [1.29, 1.82) is 0 Å². The third-order valence-electron chi connectivity index (χ3n) is 2.88. The number of carboxylic acid groups (broad SMARTS) is 1. The first-order valence-electron chi connectivity index (χ1n) is 5.58. The number of nitro benzene ring substituents is 1. The number of carbonyl (C=O) groups is 1. The summed E-state index contributed by atoms with van der Waals surface area (Å²) in [7, 11) is 0. The highest BCUT2D eigenvalue weighted by atomic mass is 16.6. The molecule has 2 rings (SSSR count). The Morgan fingerprint density at radius 2 is 1.84 bits per heavy atom. The summed E-state index contributed by atoms with van der Waals surface area (Å²) in [5.74, 6) is -1.10. The topological polar surface area (TPSA) is 80.4 Å². The van der Waals surface area contributed by atoms with E-state index in [1.807, 2.05) is 19.1 Å². The molecule has 2 aromatic carbocycles. The van der Waals surface area contributed by atoms with E-state index in [0.717, 1.165) is 5.56 Å². The van der Waals surface area contributed by atoms with Gasteiger partial charge in [0.15, 0.2) is 0 Å². The molecule has 5 nitrogen and oxygen atoms in total. The Morgan fingerprint density at radius 1 is 1.16 bits per heavy atom. The molecule has 5 heteroatoms. The van der Waals surface area contributed by atoms with Gasteiger partial charge in [0.2, 0.25) is 0 Å². The Morgan fingerprint density at radius 3 is 2.42 bits per heavy atom. The summed E-state index contributed by atoms with van der Waals surface area (Å²) in [6.45, 7) is 1.83. The summed E-state index contributed by atoms with van der Waals surface area (Å²) in [6, 6.07) is 10.9. The van der Waals surface area contributed by atoms with Crippen LogP contribution in [-0.2, 0) is 0 Å². The molecule has 0 saturated heterocycles. The van der Waals surface area contributed by atoms with Crippen LogP contribution in [0.5, 0.6) is 0 Å². The van der Waals surface area contributed by atoms with Gasteiger partial charge in [-0.25, -0.2) is 4.79 Å². The first kappa shape index (κ1) is 12.8. The van der Waals surface area contributed by atoms with Crippen LogP contribution in [0.4, 0.5) is 5.69 Å². The molecular weight excluding hydrogens is 246 g/mol. The Hall–Kier alpha value is -2.69. The van der Waals surface area contributed by atoms with Gasteiger partial charge in [-0.1, -0.05) is 24.3 Å². The molecule has 0 atom stereocenters. The maximum atomic E-state index is 11.2. The second-order valence-electron chi connectivity index (χ2n) is 4.11. The molecule has 19 heavy (non-hydrogen) atoms. The maximum absolute atomic E-state index is 11.2. The van der Waals surface area contributed by atoms with Gasteiger partial charge < -0.3 is 5.11 Å². The van der Waals surface area contributed by atoms with E-state index in [1.165, 1.54) is 18.2 Å². The molecule has 0 saturated carbocycles. The lowest BCUT2D eigenvalue weighted by molar-refractivity contribution is -0.384. The molecule has 0 amide bonds. The van der Waals surface area contributed by atoms with Crippen LogP contribution in [-0.4, -0.2) is 16.0 Å². The zero-order valence-corrected chi connectivity index (χ0v) is 10.2. The van der Waals surface area contributed by atoms with Crippen LogP contribution in [0.25, 0.3) is 11.1 Å². The quantitative estimate of drug-likeness (QED) is 0.675. The smallest absolute Gasteiger partial charge is 0.336 e. The fraction of sp³-hybridized carbons (Fsp3) is 0.0714. The van der Waals surface area contributed by atoms with Gasteiger partial charge in [-0.05, 0) is 24.1 Å². The van der Waals surface area contributed by atoms with E-state index in [2.05, 4.69) is 0 Å². The molecule has 0 spiro atoms. The first-order chi connectivity index (χ1) is 9.00. The van der Waals surface area contributed by atoms with Crippen LogP contribution < -0.4 is 0 Å². The number of nitrogens with zero attached hydrogens (tertiary/aromatic N) is 1. The number of aromatic carboxylic acids is 1. The van der Waals surface area contributed by atoms with E-state index in [1.54, 1.807) is 12.1 Å². The standard InChI is InChI=1S/C14H11NO4/c1-9-4-2-3-5-11(9)13-8-10(15(18)19)6-7-12(13)14(16)17/h2-8H,1H3,(H,16,17). The fourth-order valence-electron chi connectivity index (χ4n) is 1.93. The summed E-state index contributed by atoms with van der Waals surface area (Å²) >= 11 is 0. The number of hydrogen-bond donors (Lipinski definition) is 1. The average molecular weight is 257 g/mol. The van der Waals surface area contributed by atoms with Crippen molar-refractivity contribution in [2.75, 3.05) is 0 Å². The van der Waals surface area contributed by atoms with E-state index >= 15 is 0 Å². The molecule has 0 fully saturated rings. The SMILES string of the molecule is Cc1ccccc1-c1cc([N+](=O)[O-])ccc1C(=O)O. The van der Waals surface area contributed by atoms with E-state index < -0.39 is 10.9 Å². The van der Waals surface area contributed by atoms with Crippen molar-refractivity contribution in [2.24, 2.45) is 0 Å². The van der Waals surface area contributed by atoms with Gasteiger partial charge in [-0.3, -0.25) is 10.1 Å². The zero-order valence-electron chi connectivity index (χ0n) is 10.2. The number of aryl methyl sites for hydroxylation is 1. The van der Waals surface area contributed by atoms with Crippen molar-refractivity contribution in [1.82, 2.24) is 0 Å². The van der Waals surface area contributed by atoms with E-state index in [0.29, 0.717) is 11.1 Å². The third kappa shape index (κ3) is 2.44. The van der Waals surface area contributed by atoms with Crippen molar-refractivity contribution in [3.05, 3.63) is 63.7 Å². The maximum Gasteiger partial charge on any atom is 0.336 e. The van der Waals surface area contributed by atoms with Crippen molar-refractivity contribution in [2.45, 2.75) is 6.92 Å². The summed E-state index contributed by atoms with van der Waals surface area (Å²) in [5.41, 5.74) is 1.84. The van der Waals surface area contributed by atoms with Gasteiger partial charge in [0, 0.05) is 17.7 Å². The highest BCUT2D eigenvalue weighted by molar-refractivity contribution is 5.97. The molecule has 0 aliphatic rings. The summed E-state index contributed by atoms with van der Waals surface area (Å²) in [5, 5.41) is 20.0. The Labute approximate surface area is 109 Å². The first-order valence-corrected chi connectivity index (χ1v) is 5.58. The van der Waals surface area contributed by atoms with Gasteiger partial charge in [0.05, 0.1) is 10.5 Å². The Bertz CT molecular complexity index is 664. The Balaban J connectivity index is 2.72. The molecule has 1 N–H and O–H groups in total. The zero-order chi connectivity index (χ0) is 14.0. The van der Waals surface area contributed by atoms with Crippen LogP contribution in [0.15, 0.2) is 42.5 Å². The predicted molar refractivity (Wildman–Crippen MR) is 70.2 cm³/mol. The van der Waals surface area contributed by atoms with Crippen LogP contribution in [0.1, 0.15) is 15.9 Å². The second-order valence-corrected chi connectivity index (χ2v) is 4.11. The summed E-state index contributed by atoms with van der Waals surface area (Å²) in [6.07, 6.45) is 0. The van der Waals surface area contributed by atoms with Crippen molar-refractivity contribution in [3.63, 3.8) is 0 Å². The molecule has 0 unspecified atom stereocenters. The fourth-order valence-corrected chi connectivity index (χ4v) is 1.93. The summed E-state index contributed by atoms with van der Waals surface area (Å²) in [4.78, 5) is 21.5. The second kappa shape index (κ2) is 4.89. The van der Waals surface area contributed by atoms with Gasteiger partial charge >= 0.3 is 5.97 Å². The van der Waals surface area contributed by atoms with Crippen LogP contribution in [0, 0.1) is 17.0 Å². The molecule has 0 aromatic heterocycles. The van der Waals surface area contributed by atoms with Gasteiger partial charge in [-0.15, -0.1) is 0 Å². The Kier molecular flexibility index (Phi) is 3.29. The minimum absolute atomic E-state index is 0.0555. The monoisotopic (exact) mass is 257 g/mol. The van der Waals surface area contributed by atoms with Gasteiger partial charge in [0.1, 0.15) is 0 Å². The van der Waals surface area contributed by atoms with Crippen LogP contribution in [0.3, 0.4) is 0 Å². The molecule has 0 heterocycles. The lowest BCUT2D eigenvalue weighted by Gasteiger charge is -2.09. The lowest BCUT2D eigenvalue weighted by atomic mass is 9.95. The highest BCUT2D eigenvalue weighted by Crippen LogP contribution is 2.30. The van der Waals surface area contributed by atoms with Crippen LogP contribution >= 0.6 is 0 Å². The molecule has 0 radical (unpaired) electrons. The number of non-ortho nitro benzene ring substituents is 1.